The largest absolute Gasteiger partial charge is 0.358 e. The first-order chi connectivity index (χ1) is 14.7. The van der Waals surface area contributed by atoms with Crippen molar-refractivity contribution in [3.05, 3.63) is 35.5 Å². The molecular formula is C24H35N5O. The van der Waals surface area contributed by atoms with E-state index in [4.69, 9.17) is 0 Å². The highest BCUT2D eigenvalue weighted by atomic mass is 16.2. The smallest absolute Gasteiger partial charge is 0.225 e. The topological polar surface area (TPSA) is 72.5 Å². The zero-order valence-corrected chi connectivity index (χ0v) is 18.3. The zero-order chi connectivity index (χ0) is 20.9. The molecule has 162 valence electrons. The summed E-state index contributed by atoms with van der Waals surface area (Å²) in [6, 6.07) is 8.74. The SMILES string of the molecule is CN=C(NCCc1c(C)[nH]c2ccccc12)NC1CCN(C(=O)C2CCCCC2)C1. The van der Waals surface area contributed by atoms with Gasteiger partial charge in [-0.1, -0.05) is 37.5 Å². The number of hydrogen-bond acceptors (Lipinski definition) is 2. The summed E-state index contributed by atoms with van der Waals surface area (Å²) in [6.07, 6.45) is 7.77. The van der Waals surface area contributed by atoms with Crippen LogP contribution in [0.5, 0.6) is 0 Å². The summed E-state index contributed by atoms with van der Waals surface area (Å²) in [5, 5.41) is 8.28. The molecule has 2 aromatic rings. The second kappa shape index (κ2) is 9.54. The summed E-state index contributed by atoms with van der Waals surface area (Å²) in [5.41, 5.74) is 3.79. The lowest BCUT2D eigenvalue weighted by Crippen LogP contribution is -2.46. The number of para-hydroxylation sites is 1. The number of rotatable bonds is 5. The van der Waals surface area contributed by atoms with Gasteiger partial charge in [0.05, 0.1) is 0 Å². The molecule has 1 saturated heterocycles. The Hall–Kier alpha value is -2.50. The van der Waals surface area contributed by atoms with Gasteiger partial charge in [0.15, 0.2) is 5.96 Å². The number of nitrogens with zero attached hydrogens (tertiary/aromatic N) is 2. The molecule has 6 nitrogen and oxygen atoms in total. The van der Waals surface area contributed by atoms with Gasteiger partial charge in [0, 0.05) is 55.2 Å². The number of H-pyrrole nitrogens is 1. The standard InChI is InChI=1S/C24H35N5O/c1-17-20(21-10-6-7-11-22(21)27-17)12-14-26-24(25-2)28-19-13-15-29(16-19)23(30)18-8-4-3-5-9-18/h6-7,10-11,18-19,27H,3-5,8-9,12-16H2,1-2H3,(H2,25,26,28). The highest BCUT2D eigenvalue weighted by Crippen LogP contribution is 2.27. The van der Waals surface area contributed by atoms with Crippen LogP contribution in [-0.4, -0.2) is 54.5 Å². The second-order valence-corrected chi connectivity index (χ2v) is 8.77. The predicted molar refractivity (Wildman–Crippen MR) is 123 cm³/mol. The van der Waals surface area contributed by atoms with E-state index in [0.29, 0.717) is 5.91 Å². The Balaban J connectivity index is 1.26. The third-order valence-electron chi connectivity index (χ3n) is 6.71. The summed E-state index contributed by atoms with van der Waals surface area (Å²) >= 11 is 0. The Kier molecular flexibility index (Phi) is 6.60. The number of fused-ring (bicyclic) bond motifs is 1. The lowest BCUT2D eigenvalue weighted by molar-refractivity contribution is -0.135. The molecule has 2 fully saturated rings. The summed E-state index contributed by atoms with van der Waals surface area (Å²) in [4.78, 5) is 22.7. The Morgan fingerprint density at radius 1 is 1.20 bits per heavy atom. The number of carbonyl (C=O) groups excluding carboxylic acids is 1. The Labute approximate surface area is 179 Å². The van der Waals surface area contributed by atoms with Gasteiger partial charge in [0.1, 0.15) is 0 Å². The molecule has 1 atom stereocenters. The van der Waals surface area contributed by atoms with Crippen molar-refractivity contribution in [3.63, 3.8) is 0 Å². The van der Waals surface area contributed by atoms with Crippen LogP contribution in [0.15, 0.2) is 29.3 Å². The zero-order valence-electron chi connectivity index (χ0n) is 18.3. The first-order valence-electron chi connectivity index (χ1n) is 11.5. The van der Waals surface area contributed by atoms with E-state index < -0.39 is 0 Å². The molecule has 4 rings (SSSR count). The highest BCUT2D eigenvalue weighted by Gasteiger charge is 2.31. The first-order valence-corrected chi connectivity index (χ1v) is 11.5. The predicted octanol–water partition coefficient (Wildman–Crippen LogP) is 3.37. The second-order valence-electron chi connectivity index (χ2n) is 8.77. The first kappa shape index (κ1) is 20.8. The quantitative estimate of drug-likeness (QED) is 0.524. The molecule has 1 aliphatic heterocycles. The van der Waals surface area contributed by atoms with Crippen LogP contribution in [-0.2, 0) is 11.2 Å². The summed E-state index contributed by atoms with van der Waals surface area (Å²) in [6.45, 7) is 4.61. The molecule has 6 heteroatoms. The van der Waals surface area contributed by atoms with E-state index in [2.05, 4.69) is 56.7 Å². The molecule has 2 heterocycles. The van der Waals surface area contributed by atoms with Gasteiger partial charge in [-0.2, -0.15) is 0 Å². The molecule has 1 saturated carbocycles. The molecule has 1 aromatic heterocycles. The van der Waals surface area contributed by atoms with Crippen LogP contribution >= 0.6 is 0 Å². The number of likely N-dealkylation sites (tertiary alicyclic amines) is 1. The molecule has 0 spiro atoms. The Morgan fingerprint density at radius 2 is 2.00 bits per heavy atom. The fraction of sp³-hybridized carbons (Fsp3) is 0.583. The minimum absolute atomic E-state index is 0.259. The minimum atomic E-state index is 0.259. The Bertz CT molecular complexity index is 896. The van der Waals surface area contributed by atoms with Gasteiger partial charge in [0.2, 0.25) is 5.91 Å². The number of benzene rings is 1. The third-order valence-corrected chi connectivity index (χ3v) is 6.71. The average molecular weight is 410 g/mol. The Morgan fingerprint density at radius 3 is 2.80 bits per heavy atom. The summed E-state index contributed by atoms with van der Waals surface area (Å²) in [5.74, 6) is 1.45. The van der Waals surface area contributed by atoms with Crippen LogP contribution in [0.1, 0.15) is 49.8 Å². The van der Waals surface area contributed by atoms with Crippen LogP contribution in [0, 0.1) is 12.8 Å². The van der Waals surface area contributed by atoms with E-state index in [9.17, 15) is 4.79 Å². The molecule has 1 aliphatic carbocycles. The van der Waals surface area contributed by atoms with Gasteiger partial charge in [0.25, 0.3) is 0 Å². The van der Waals surface area contributed by atoms with Gasteiger partial charge < -0.3 is 20.5 Å². The molecule has 0 radical (unpaired) electrons. The highest BCUT2D eigenvalue weighted by molar-refractivity contribution is 5.85. The number of carbonyl (C=O) groups is 1. The maximum Gasteiger partial charge on any atom is 0.225 e. The van der Waals surface area contributed by atoms with Gasteiger partial charge in [-0.05, 0) is 44.2 Å². The van der Waals surface area contributed by atoms with Gasteiger partial charge in [-0.15, -0.1) is 0 Å². The fourth-order valence-corrected chi connectivity index (χ4v) is 5.04. The molecular weight excluding hydrogens is 374 g/mol. The van der Waals surface area contributed by atoms with E-state index in [1.807, 2.05) is 7.05 Å². The average Bonchev–Trinajstić information content (AvgIpc) is 3.37. The van der Waals surface area contributed by atoms with E-state index in [1.54, 1.807) is 0 Å². The fourth-order valence-electron chi connectivity index (χ4n) is 5.04. The van der Waals surface area contributed by atoms with Gasteiger partial charge in [-0.3, -0.25) is 9.79 Å². The number of aromatic amines is 1. The number of aryl methyl sites for hydroxylation is 1. The van der Waals surface area contributed by atoms with Crippen molar-refractivity contribution < 1.29 is 4.79 Å². The molecule has 1 aromatic carbocycles. The number of nitrogens with one attached hydrogen (secondary N) is 3. The lowest BCUT2D eigenvalue weighted by Gasteiger charge is -2.26. The maximum atomic E-state index is 12.8. The number of aliphatic imine (C=N–C) groups is 1. The third kappa shape index (κ3) is 4.63. The number of aromatic nitrogens is 1. The van der Waals surface area contributed by atoms with Crippen LogP contribution < -0.4 is 10.6 Å². The molecule has 2 aliphatic rings. The van der Waals surface area contributed by atoms with E-state index in [0.717, 1.165) is 51.3 Å². The molecule has 0 bridgehead atoms. The van der Waals surface area contributed by atoms with Crippen LogP contribution in [0.25, 0.3) is 10.9 Å². The molecule has 30 heavy (non-hydrogen) atoms. The van der Waals surface area contributed by atoms with E-state index in [1.165, 1.54) is 41.4 Å². The van der Waals surface area contributed by atoms with Crippen LogP contribution in [0.4, 0.5) is 0 Å². The number of hydrogen-bond donors (Lipinski definition) is 3. The van der Waals surface area contributed by atoms with Crippen LogP contribution in [0.2, 0.25) is 0 Å². The van der Waals surface area contributed by atoms with Crippen molar-refractivity contribution in [2.75, 3.05) is 26.7 Å². The van der Waals surface area contributed by atoms with Crippen molar-refractivity contribution in [3.8, 4) is 0 Å². The van der Waals surface area contributed by atoms with E-state index >= 15 is 0 Å². The van der Waals surface area contributed by atoms with Crippen molar-refractivity contribution >= 4 is 22.8 Å². The van der Waals surface area contributed by atoms with Gasteiger partial charge >= 0.3 is 0 Å². The van der Waals surface area contributed by atoms with Crippen molar-refractivity contribution in [2.45, 2.75) is 57.9 Å². The number of guanidine groups is 1. The van der Waals surface area contributed by atoms with E-state index in [-0.39, 0.29) is 12.0 Å². The van der Waals surface area contributed by atoms with Gasteiger partial charge in [-0.25, -0.2) is 0 Å². The van der Waals surface area contributed by atoms with Crippen molar-refractivity contribution in [1.29, 1.82) is 0 Å². The van der Waals surface area contributed by atoms with Crippen LogP contribution in [0.3, 0.4) is 0 Å². The summed E-state index contributed by atoms with van der Waals surface area (Å²) in [7, 11) is 1.81. The summed E-state index contributed by atoms with van der Waals surface area (Å²) < 4.78 is 0. The lowest BCUT2D eigenvalue weighted by atomic mass is 9.88. The molecule has 3 N–H and O–H groups in total. The molecule has 1 amide bonds. The minimum Gasteiger partial charge on any atom is -0.358 e. The monoisotopic (exact) mass is 409 g/mol. The maximum absolute atomic E-state index is 12.8. The molecule has 1 unspecified atom stereocenters. The number of amides is 1. The van der Waals surface area contributed by atoms with Crippen molar-refractivity contribution in [1.82, 2.24) is 20.5 Å². The normalized spacial score (nSPS) is 20.7. The van der Waals surface area contributed by atoms with Crippen molar-refractivity contribution in [2.24, 2.45) is 10.9 Å².